The molecule has 9 nitrogen and oxygen atoms in total. The normalized spacial score (nSPS) is 19.5. The van der Waals surface area contributed by atoms with Crippen molar-refractivity contribution in [3.8, 4) is 0 Å². The van der Waals surface area contributed by atoms with Crippen molar-refractivity contribution in [2.24, 2.45) is 0 Å². The van der Waals surface area contributed by atoms with Gasteiger partial charge in [0.1, 0.15) is 9.90 Å². The molecule has 4 rings (SSSR count). The highest BCUT2D eigenvalue weighted by Crippen LogP contribution is 2.37. The molecule has 156 valence electrons. The number of unbranched alkanes of at least 4 members (excludes halogenated alkanes) is 1. The van der Waals surface area contributed by atoms with E-state index in [9.17, 15) is 13.2 Å². The Morgan fingerprint density at radius 2 is 1.76 bits per heavy atom. The minimum absolute atomic E-state index is 0.207. The smallest absolute Gasteiger partial charge is 0.338 e. The van der Waals surface area contributed by atoms with Gasteiger partial charge >= 0.3 is 6.03 Å². The first-order valence-electron chi connectivity index (χ1n) is 9.61. The Balaban J connectivity index is 1.26. The molecule has 2 aromatic heterocycles. The lowest BCUT2D eigenvalue weighted by Crippen LogP contribution is -2.49. The lowest BCUT2D eigenvalue weighted by atomic mass is 10.2. The molecule has 0 aromatic carbocycles. The monoisotopic (exact) mass is 436 g/mol. The predicted molar refractivity (Wildman–Crippen MR) is 112 cm³/mol. The standard InChI is InChI=1S/C18H24N6O3S2/c1-21-16-15(5-14-28-16)29(26,27)24(18(21)25)9-3-2-8-22-10-12-23(13-11-22)17-19-6-4-7-20-17/h4-7,14H,2-3,8-13H2,1H3. The number of hydrogen-bond donors (Lipinski definition) is 0. The van der Waals surface area contributed by atoms with Crippen LogP contribution in [0.1, 0.15) is 12.8 Å². The van der Waals surface area contributed by atoms with Crippen LogP contribution in [-0.4, -0.2) is 79.9 Å². The first-order chi connectivity index (χ1) is 14.0. The van der Waals surface area contributed by atoms with E-state index < -0.39 is 16.1 Å². The highest BCUT2D eigenvalue weighted by atomic mass is 32.2. The van der Waals surface area contributed by atoms with Crippen LogP contribution in [0.15, 0.2) is 34.8 Å². The van der Waals surface area contributed by atoms with Crippen molar-refractivity contribution in [3.05, 3.63) is 29.9 Å². The lowest BCUT2D eigenvalue weighted by molar-refractivity contribution is 0.225. The fraction of sp³-hybridized carbons (Fsp3) is 0.500. The first kappa shape index (κ1) is 20.0. The van der Waals surface area contributed by atoms with Crippen LogP contribution in [0.25, 0.3) is 0 Å². The van der Waals surface area contributed by atoms with E-state index in [0.717, 1.165) is 49.4 Å². The molecule has 0 spiro atoms. The number of piperazine rings is 1. The average Bonchev–Trinajstić information content (AvgIpc) is 3.24. The van der Waals surface area contributed by atoms with Crippen molar-refractivity contribution >= 4 is 38.3 Å². The molecule has 0 unspecified atom stereocenters. The van der Waals surface area contributed by atoms with Gasteiger partial charge in [0, 0.05) is 52.2 Å². The number of sulfonamides is 1. The van der Waals surface area contributed by atoms with Gasteiger partial charge in [-0.25, -0.2) is 27.5 Å². The molecule has 2 aliphatic rings. The van der Waals surface area contributed by atoms with Gasteiger partial charge in [-0.15, -0.1) is 11.3 Å². The van der Waals surface area contributed by atoms with E-state index in [1.54, 1.807) is 30.9 Å². The summed E-state index contributed by atoms with van der Waals surface area (Å²) in [6, 6.07) is 2.90. The largest absolute Gasteiger partial charge is 0.338 e. The van der Waals surface area contributed by atoms with Crippen LogP contribution in [-0.2, 0) is 10.0 Å². The Morgan fingerprint density at radius 3 is 2.48 bits per heavy atom. The summed E-state index contributed by atoms with van der Waals surface area (Å²) in [6.07, 6.45) is 4.98. The van der Waals surface area contributed by atoms with Gasteiger partial charge in [-0.1, -0.05) is 0 Å². The minimum atomic E-state index is -3.75. The van der Waals surface area contributed by atoms with Gasteiger partial charge in [0.15, 0.2) is 0 Å². The molecule has 0 bridgehead atoms. The average molecular weight is 437 g/mol. The van der Waals surface area contributed by atoms with E-state index in [1.807, 2.05) is 6.07 Å². The van der Waals surface area contributed by atoms with Crippen molar-refractivity contribution in [2.75, 3.05) is 56.1 Å². The molecule has 1 fully saturated rings. The van der Waals surface area contributed by atoms with E-state index in [0.29, 0.717) is 11.4 Å². The van der Waals surface area contributed by atoms with E-state index in [-0.39, 0.29) is 11.4 Å². The van der Waals surface area contributed by atoms with Crippen molar-refractivity contribution in [3.63, 3.8) is 0 Å². The zero-order valence-electron chi connectivity index (χ0n) is 16.3. The Labute approximate surface area is 174 Å². The second-order valence-corrected chi connectivity index (χ2v) is 9.82. The maximum absolute atomic E-state index is 12.7. The number of anilines is 2. The van der Waals surface area contributed by atoms with Crippen molar-refractivity contribution < 1.29 is 13.2 Å². The number of amides is 2. The summed E-state index contributed by atoms with van der Waals surface area (Å²) in [5, 5.41) is 2.20. The van der Waals surface area contributed by atoms with Crippen LogP contribution >= 0.6 is 11.3 Å². The predicted octanol–water partition coefficient (Wildman–Crippen LogP) is 1.70. The zero-order valence-corrected chi connectivity index (χ0v) is 17.9. The second kappa shape index (κ2) is 8.25. The number of carbonyl (C=O) groups is 1. The molecular weight excluding hydrogens is 412 g/mol. The maximum Gasteiger partial charge on any atom is 0.338 e. The topological polar surface area (TPSA) is 90.0 Å². The van der Waals surface area contributed by atoms with Crippen LogP contribution in [0, 0.1) is 0 Å². The summed E-state index contributed by atoms with van der Waals surface area (Å²) in [5.41, 5.74) is 0. The molecule has 0 aliphatic carbocycles. The molecule has 0 N–H and O–H groups in total. The summed E-state index contributed by atoms with van der Waals surface area (Å²) in [6.45, 7) is 4.66. The van der Waals surface area contributed by atoms with Gasteiger partial charge in [-0.2, -0.15) is 0 Å². The summed E-state index contributed by atoms with van der Waals surface area (Å²) in [4.78, 5) is 27.3. The van der Waals surface area contributed by atoms with E-state index in [1.165, 1.54) is 16.2 Å². The lowest BCUT2D eigenvalue weighted by Gasteiger charge is -2.35. The fourth-order valence-electron chi connectivity index (χ4n) is 3.64. The molecule has 0 atom stereocenters. The van der Waals surface area contributed by atoms with Gasteiger partial charge in [-0.05, 0) is 36.9 Å². The van der Waals surface area contributed by atoms with Crippen LogP contribution in [0.4, 0.5) is 15.7 Å². The van der Waals surface area contributed by atoms with Crippen molar-refractivity contribution in [1.29, 1.82) is 0 Å². The Kier molecular flexibility index (Phi) is 5.70. The van der Waals surface area contributed by atoms with Crippen LogP contribution in [0.5, 0.6) is 0 Å². The third-order valence-corrected chi connectivity index (χ3v) is 8.20. The van der Waals surface area contributed by atoms with Gasteiger partial charge in [0.05, 0.1) is 0 Å². The number of aromatic nitrogens is 2. The minimum Gasteiger partial charge on any atom is -0.338 e. The number of thiophene rings is 1. The SMILES string of the molecule is CN1C(=O)N(CCCCN2CCN(c3ncccn3)CC2)S(=O)(=O)c2ccsc21. The molecule has 11 heteroatoms. The first-order valence-corrected chi connectivity index (χ1v) is 11.9. The number of hydrogen-bond acceptors (Lipinski definition) is 8. The van der Waals surface area contributed by atoms with Crippen LogP contribution in [0.3, 0.4) is 0 Å². The van der Waals surface area contributed by atoms with E-state index in [2.05, 4.69) is 19.8 Å². The van der Waals surface area contributed by atoms with Crippen molar-refractivity contribution in [2.45, 2.75) is 17.7 Å². The Morgan fingerprint density at radius 1 is 1.07 bits per heavy atom. The van der Waals surface area contributed by atoms with Crippen molar-refractivity contribution in [1.82, 2.24) is 19.2 Å². The summed E-state index contributed by atoms with van der Waals surface area (Å²) in [7, 11) is -2.13. The van der Waals surface area contributed by atoms with Gasteiger partial charge < -0.3 is 4.90 Å². The maximum atomic E-state index is 12.7. The zero-order chi connectivity index (χ0) is 20.4. The molecule has 0 saturated carbocycles. The number of fused-ring (bicyclic) bond motifs is 1. The highest BCUT2D eigenvalue weighted by molar-refractivity contribution is 7.90. The Hall–Kier alpha value is -2.24. The van der Waals surface area contributed by atoms with E-state index in [4.69, 9.17) is 0 Å². The number of urea groups is 1. The van der Waals surface area contributed by atoms with Gasteiger partial charge in [-0.3, -0.25) is 9.80 Å². The molecule has 1 saturated heterocycles. The molecular formula is C18H24N6O3S2. The summed E-state index contributed by atoms with van der Waals surface area (Å²) in [5.74, 6) is 0.762. The fourth-order valence-corrected chi connectivity index (χ4v) is 6.47. The quantitative estimate of drug-likeness (QED) is 0.637. The number of rotatable bonds is 6. The van der Waals surface area contributed by atoms with Gasteiger partial charge in [0.2, 0.25) is 5.95 Å². The molecule has 2 aliphatic heterocycles. The summed E-state index contributed by atoms with van der Waals surface area (Å²) >= 11 is 1.27. The molecule has 0 radical (unpaired) electrons. The third kappa shape index (κ3) is 3.94. The van der Waals surface area contributed by atoms with Gasteiger partial charge in [0.25, 0.3) is 10.0 Å². The van der Waals surface area contributed by atoms with E-state index >= 15 is 0 Å². The third-order valence-electron chi connectivity index (χ3n) is 5.28. The number of nitrogens with zero attached hydrogens (tertiary/aromatic N) is 6. The van der Waals surface area contributed by atoms with Crippen LogP contribution in [0.2, 0.25) is 0 Å². The number of carbonyl (C=O) groups excluding carboxylic acids is 1. The van der Waals surface area contributed by atoms with Crippen LogP contribution < -0.4 is 9.80 Å². The summed E-state index contributed by atoms with van der Waals surface area (Å²) < 4.78 is 26.5. The molecule has 29 heavy (non-hydrogen) atoms. The Bertz CT molecular complexity index is 957. The molecule has 2 amide bonds. The second-order valence-electron chi connectivity index (χ2n) is 7.09. The molecule has 2 aromatic rings. The molecule has 4 heterocycles. The highest BCUT2D eigenvalue weighted by Gasteiger charge is 2.40.